The van der Waals surface area contributed by atoms with Crippen LogP contribution in [0.2, 0.25) is 5.02 Å². The third-order valence-electron chi connectivity index (χ3n) is 1.98. The average molecular weight is 284 g/mol. The molecule has 0 fully saturated rings. The molecule has 0 atom stereocenters. The zero-order chi connectivity index (χ0) is 14.5. The van der Waals surface area contributed by atoms with E-state index in [0.29, 0.717) is 22.9 Å². The van der Waals surface area contributed by atoms with E-state index in [1.54, 1.807) is 39.0 Å². The lowest BCUT2D eigenvalue weighted by atomic mass is 10.2. The highest BCUT2D eigenvalue weighted by Gasteiger charge is 2.14. The smallest absolute Gasteiger partial charge is 0.407 e. The van der Waals surface area contributed by atoms with Crippen molar-refractivity contribution in [1.82, 2.24) is 10.3 Å². The van der Waals surface area contributed by atoms with Crippen molar-refractivity contribution in [2.75, 3.05) is 12.3 Å². The Bertz CT molecular complexity index is 481. The van der Waals surface area contributed by atoms with Gasteiger partial charge in [0.1, 0.15) is 11.4 Å². The molecule has 6 heteroatoms. The van der Waals surface area contributed by atoms with Crippen LogP contribution in [0.3, 0.4) is 0 Å². The Hall–Kier alpha value is -1.75. The van der Waals surface area contributed by atoms with Crippen molar-refractivity contribution < 1.29 is 9.53 Å². The van der Waals surface area contributed by atoms with E-state index in [-0.39, 0.29) is 0 Å². The molecule has 0 saturated carbocycles. The Morgan fingerprint density at radius 2 is 2.26 bits per heavy atom. The first-order valence-electron chi connectivity index (χ1n) is 5.82. The minimum absolute atomic E-state index is 0.334. The van der Waals surface area contributed by atoms with E-state index in [4.69, 9.17) is 22.1 Å². The van der Waals surface area contributed by atoms with Crippen LogP contribution in [0.25, 0.3) is 6.08 Å². The van der Waals surface area contributed by atoms with Crippen molar-refractivity contribution in [2.24, 2.45) is 0 Å². The molecule has 0 radical (unpaired) electrons. The number of nitrogen functional groups attached to an aromatic ring is 1. The largest absolute Gasteiger partial charge is 0.444 e. The molecule has 0 bridgehead atoms. The molecular weight excluding hydrogens is 266 g/mol. The van der Waals surface area contributed by atoms with Gasteiger partial charge in [-0.2, -0.15) is 0 Å². The van der Waals surface area contributed by atoms with Gasteiger partial charge in [0, 0.05) is 18.3 Å². The number of nitrogens with zero attached hydrogens (tertiary/aromatic N) is 1. The van der Waals surface area contributed by atoms with Gasteiger partial charge in [-0.3, -0.25) is 0 Å². The number of nitrogens with two attached hydrogens (primary N) is 1. The Labute approximate surface area is 117 Å². The third-order valence-corrected chi connectivity index (χ3v) is 2.18. The van der Waals surface area contributed by atoms with Gasteiger partial charge >= 0.3 is 6.09 Å². The molecule has 0 unspecified atom stereocenters. The van der Waals surface area contributed by atoms with Crippen LogP contribution in [0.4, 0.5) is 10.6 Å². The minimum Gasteiger partial charge on any atom is -0.444 e. The highest BCUT2D eigenvalue weighted by atomic mass is 35.5. The second-order valence-electron chi connectivity index (χ2n) is 4.91. The maximum Gasteiger partial charge on any atom is 0.407 e. The van der Waals surface area contributed by atoms with Crippen LogP contribution in [0.1, 0.15) is 26.3 Å². The third kappa shape index (κ3) is 6.10. The molecule has 1 amide bonds. The highest BCUT2D eigenvalue weighted by molar-refractivity contribution is 6.30. The number of nitrogens with one attached hydrogen (secondary N) is 1. The SMILES string of the molecule is CC(C)(C)OC(=O)NCC=Cc1cc(Cl)cnc1N. The van der Waals surface area contributed by atoms with Gasteiger partial charge in [-0.05, 0) is 26.8 Å². The van der Waals surface area contributed by atoms with Crippen molar-refractivity contribution >= 4 is 29.6 Å². The summed E-state index contributed by atoms with van der Waals surface area (Å²) in [6, 6.07) is 1.70. The monoisotopic (exact) mass is 283 g/mol. The number of hydrogen-bond acceptors (Lipinski definition) is 4. The topological polar surface area (TPSA) is 77.2 Å². The molecule has 0 aliphatic carbocycles. The van der Waals surface area contributed by atoms with Crippen LogP contribution in [-0.4, -0.2) is 23.2 Å². The first kappa shape index (κ1) is 15.3. The molecule has 1 aromatic heterocycles. The number of carbonyl (C=O) groups excluding carboxylic acids is 1. The van der Waals surface area contributed by atoms with Gasteiger partial charge in [0.25, 0.3) is 0 Å². The van der Waals surface area contributed by atoms with Gasteiger partial charge in [-0.1, -0.05) is 23.8 Å². The van der Waals surface area contributed by atoms with Crippen molar-refractivity contribution in [3.63, 3.8) is 0 Å². The van der Waals surface area contributed by atoms with Crippen LogP contribution in [-0.2, 0) is 4.74 Å². The van der Waals surface area contributed by atoms with Crippen LogP contribution < -0.4 is 11.1 Å². The second kappa shape index (κ2) is 6.43. The summed E-state index contributed by atoms with van der Waals surface area (Å²) in [4.78, 5) is 15.3. The molecule has 19 heavy (non-hydrogen) atoms. The number of alkyl carbamates (subject to hydrolysis) is 1. The Morgan fingerprint density at radius 1 is 1.58 bits per heavy atom. The van der Waals surface area contributed by atoms with Crippen LogP contribution >= 0.6 is 11.6 Å². The number of hydrogen-bond donors (Lipinski definition) is 2. The lowest BCUT2D eigenvalue weighted by Gasteiger charge is -2.19. The van der Waals surface area contributed by atoms with Gasteiger partial charge in [0.2, 0.25) is 0 Å². The fraction of sp³-hybridized carbons (Fsp3) is 0.385. The van der Waals surface area contributed by atoms with Crippen molar-refractivity contribution in [3.05, 3.63) is 28.9 Å². The molecule has 1 heterocycles. The summed E-state index contributed by atoms with van der Waals surface area (Å²) in [5.41, 5.74) is 5.88. The Kier molecular flexibility index (Phi) is 5.18. The summed E-state index contributed by atoms with van der Waals surface area (Å²) in [6.45, 7) is 5.75. The van der Waals surface area contributed by atoms with Gasteiger partial charge < -0.3 is 15.8 Å². The van der Waals surface area contributed by atoms with Crippen LogP contribution in [0.5, 0.6) is 0 Å². The fourth-order valence-corrected chi connectivity index (χ4v) is 1.41. The second-order valence-corrected chi connectivity index (χ2v) is 5.35. The number of halogens is 1. The standard InChI is InChI=1S/C13H18ClN3O2/c1-13(2,3)19-12(18)16-6-4-5-9-7-10(14)8-17-11(9)15/h4-5,7-8H,6H2,1-3H3,(H2,15,17)(H,16,18). The summed E-state index contributed by atoms with van der Waals surface area (Å²) in [5.74, 6) is 0.387. The van der Waals surface area contributed by atoms with E-state index in [2.05, 4.69) is 10.3 Å². The summed E-state index contributed by atoms with van der Waals surface area (Å²) in [5, 5.41) is 3.11. The first-order valence-corrected chi connectivity index (χ1v) is 6.20. The molecule has 0 aliphatic rings. The summed E-state index contributed by atoms with van der Waals surface area (Å²) in [7, 11) is 0. The molecule has 0 aromatic carbocycles. The maximum atomic E-state index is 11.4. The minimum atomic E-state index is -0.505. The normalized spacial score (nSPS) is 11.6. The summed E-state index contributed by atoms with van der Waals surface area (Å²) >= 11 is 5.81. The lowest BCUT2D eigenvalue weighted by Crippen LogP contribution is -2.32. The predicted molar refractivity (Wildman–Crippen MR) is 76.9 cm³/mol. The number of pyridine rings is 1. The van der Waals surface area contributed by atoms with Crippen molar-refractivity contribution in [2.45, 2.75) is 26.4 Å². The Morgan fingerprint density at radius 3 is 2.89 bits per heavy atom. The fourth-order valence-electron chi connectivity index (χ4n) is 1.24. The zero-order valence-electron chi connectivity index (χ0n) is 11.2. The predicted octanol–water partition coefficient (Wildman–Crippen LogP) is 2.86. The van der Waals surface area contributed by atoms with Crippen LogP contribution in [0.15, 0.2) is 18.3 Å². The van der Waals surface area contributed by atoms with E-state index in [1.165, 1.54) is 6.20 Å². The van der Waals surface area contributed by atoms with Crippen molar-refractivity contribution in [1.29, 1.82) is 0 Å². The van der Waals surface area contributed by atoms with Gasteiger partial charge in [-0.15, -0.1) is 0 Å². The number of ether oxygens (including phenoxy) is 1. The summed E-state index contributed by atoms with van der Waals surface area (Å²) < 4.78 is 5.09. The molecule has 0 aliphatic heterocycles. The molecule has 0 saturated heterocycles. The maximum absolute atomic E-state index is 11.4. The number of rotatable bonds is 3. The van der Waals surface area contributed by atoms with E-state index in [0.717, 1.165) is 0 Å². The van der Waals surface area contributed by atoms with Crippen molar-refractivity contribution in [3.8, 4) is 0 Å². The first-order chi connectivity index (χ1) is 8.78. The molecule has 1 rings (SSSR count). The van der Waals surface area contributed by atoms with E-state index in [9.17, 15) is 4.79 Å². The zero-order valence-corrected chi connectivity index (χ0v) is 12.0. The van der Waals surface area contributed by atoms with Gasteiger partial charge in [-0.25, -0.2) is 9.78 Å². The molecular formula is C13H18ClN3O2. The van der Waals surface area contributed by atoms with Gasteiger partial charge in [0.05, 0.1) is 5.02 Å². The molecule has 104 valence electrons. The average Bonchev–Trinajstić information content (AvgIpc) is 2.26. The number of anilines is 1. The lowest BCUT2D eigenvalue weighted by molar-refractivity contribution is 0.0534. The Balaban J connectivity index is 2.47. The van der Waals surface area contributed by atoms with Gasteiger partial charge in [0.15, 0.2) is 0 Å². The molecule has 5 nitrogen and oxygen atoms in total. The molecule has 1 aromatic rings. The van der Waals surface area contributed by atoms with E-state index in [1.807, 2.05) is 0 Å². The van der Waals surface area contributed by atoms with E-state index >= 15 is 0 Å². The number of amides is 1. The highest BCUT2D eigenvalue weighted by Crippen LogP contribution is 2.15. The van der Waals surface area contributed by atoms with Crippen LogP contribution in [0, 0.1) is 0 Å². The molecule has 3 N–H and O–H groups in total. The summed E-state index contributed by atoms with van der Waals surface area (Å²) in [6.07, 6.45) is 4.50. The quantitative estimate of drug-likeness (QED) is 0.894. The number of aromatic nitrogens is 1. The number of carbonyl (C=O) groups is 1. The molecule has 0 spiro atoms. The van der Waals surface area contributed by atoms with E-state index < -0.39 is 11.7 Å².